The molecule has 0 fully saturated rings. The standard InChI is InChI=1S/C26H26FNO4/c1-16-14-17(10-11-23(16)27)25(30)24(29)12-13-28-26(31)32-15-22-20-8-4-2-6-18(20)19-7-3-5-9-21(19)22/h2-11,14,22,24-25,29-30H,12-13,15H2,1H3,(H,28,31). The van der Waals surface area contributed by atoms with Gasteiger partial charge < -0.3 is 20.3 Å². The van der Waals surface area contributed by atoms with Crippen LogP contribution < -0.4 is 5.32 Å². The van der Waals surface area contributed by atoms with Crippen LogP contribution in [0.2, 0.25) is 0 Å². The van der Waals surface area contributed by atoms with Crippen LogP contribution in [0.4, 0.5) is 9.18 Å². The van der Waals surface area contributed by atoms with Crippen molar-refractivity contribution >= 4 is 6.09 Å². The number of carbonyl (C=O) groups is 1. The Hall–Kier alpha value is -3.22. The number of aryl methyl sites for hydroxylation is 1. The summed E-state index contributed by atoms with van der Waals surface area (Å²) in [6.45, 7) is 1.94. The Balaban J connectivity index is 1.28. The fourth-order valence-corrected chi connectivity index (χ4v) is 4.20. The molecule has 3 aromatic carbocycles. The van der Waals surface area contributed by atoms with Crippen LogP contribution in [0.3, 0.4) is 0 Å². The van der Waals surface area contributed by atoms with Crippen LogP contribution in [-0.2, 0) is 4.74 Å². The minimum Gasteiger partial charge on any atom is -0.449 e. The van der Waals surface area contributed by atoms with Crippen molar-refractivity contribution < 1.29 is 24.1 Å². The molecule has 4 rings (SSSR count). The molecule has 2 atom stereocenters. The monoisotopic (exact) mass is 435 g/mol. The van der Waals surface area contributed by atoms with Crippen LogP contribution in [0, 0.1) is 12.7 Å². The number of halogens is 1. The third kappa shape index (κ3) is 4.52. The number of ether oxygens (including phenoxy) is 1. The highest BCUT2D eigenvalue weighted by Gasteiger charge is 2.29. The number of fused-ring (bicyclic) bond motifs is 3. The smallest absolute Gasteiger partial charge is 0.407 e. The second-order valence-electron chi connectivity index (χ2n) is 8.06. The molecule has 0 spiro atoms. The van der Waals surface area contributed by atoms with Crippen LogP contribution in [-0.4, -0.2) is 35.6 Å². The number of carbonyl (C=O) groups excluding carboxylic acids is 1. The topological polar surface area (TPSA) is 78.8 Å². The lowest BCUT2D eigenvalue weighted by molar-refractivity contribution is 0.0136. The van der Waals surface area contributed by atoms with Crippen molar-refractivity contribution in [3.05, 3.63) is 94.8 Å². The van der Waals surface area contributed by atoms with Crippen molar-refractivity contribution in [1.82, 2.24) is 5.32 Å². The molecule has 0 saturated carbocycles. The van der Waals surface area contributed by atoms with E-state index in [-0.39, 0.29) is 31.3 Å². The fraction of sp³-hybridized carbons (Fsp3) is 0.269. The average Bonchev–Trinajstić information content (AvgIpc) is 3.12. The SMILES string of the molecule is Cc1cc(C(O)C(O)CCNC(=O)OCC2c3ccccc3-c3ccccc32)ccc1F. The third-order valence-corrected chi connectivity index (χ3v) is 5.94. The molecule has 6 heteroatoms. The van der Waals surface area contributed by atoms with Gasteiger partial charge in [0, 0.05) is 12.5 Å². The van der Waals surface area contributed by atoms with E-state index in [2.05, 4.69) is 29.6 Å². The maximum Gasteiger partial charge on any atom is 0.407 e. The minimum absolute atomic E-state index is 0.0257. The summed E-state index contributed by atoms with van der Waals surface area (Å²) < 4.78 is 18.9. The quantitative estimate of drug-likeness (QED) is 0.512. The van der Waals surface area contributed by atoms with E-state index in [0.29, 0.717) is 11.1 Å². The maximum atomic E-state index is 13.4. The Morgan fingerprint density at radius 1 is 1.03 bits per heavy atom. The third-order valence-electron chi connectivity index (χ3n) is 5.94. The van der Waals surface area contributed by atoms with Crippen molar-refractivity contribution in [1.29, 1.82) is 0 Å². The lowest BCUT2D eigenvalue weighted by atomic mass is 9.98. The number of nitrogens with one attached hydrogen (secondary N) is 1. The van der Waals surface area contributed by atoms with Gasteiger partial charge in [-0.15, -0.1) is 0 Å². The van der Waals surface area contributed by atoms with E-state index in [0.717, 1.165) is 22.3 Å². The van der Waals surface area contributed by atoms with E-state index in [9.17, 15) is 19.4 Å². The van der Waals surface area contributed by atoms with E-state index in [1.54, 1.807) is 6.92 Å². The second kappa shape index (κ2) is 9.51. The van der Waals surface area contributed by atoms with Gasteiger partial charge in [-0.05, 0) is 52.8 Å². The zero-order valence-electron chi connectivity index (χ0n) is 17.8. The van der Waals surface area contributed by atoms with E-state index < -0.39 is 18.3 Å². The van der Waals surface area contributed by atoms with Gasteiger partial charge >= 0.3 is 6.09 Å². The van der Waals surface area contributed by atoms with Gasteiger partial charge in [0.25, 0.3) is 0 Å². The molecule has 1 aliphatic rings. The number of hydrogen-bond acceptors (Lipinski definition) is 4. The van der Waals surface area contributed by atoms with Crippen LogP contribution in [0.1, 0.15) is 40.7 Å². The van der Waals surface area contributed by atoms with Crippen LogP contribution >= 0.6 is 0 Å². The molecule has 32 heavy (non-hydrogen) atoms. The Kier molecular flexibility index (Phi) is 6.53. The largest absolute Gasteiger partial charge is 0.449 e. The number of hydrogen-bond donors (Lipinski definition) is 3. The molecule has 0 aromatic heterocycles. The summed E-state index contributed by atoms with van der Waals surface area (Å²) in [6, 6.07) is 20.4. The number of aliphatic hydroxyl groups is 2. The molecule has 0 radical (unpaired) electrons. The molecule has 5 nitrogen and oxygen atoms in total. The summed E-state index contributed by atoms with van der Waals surface area (Å²) >= 11 is 0. The summed E-state index contributed by atoms with van der Waals surface area (Å²) in [5, 5.41) is 23.1. The predicted molar refractivity (Wildman–Crippen MR) is 120 cm³/mol. The summed E-state index contributed by atoms with van der Waals surface area (Å²) in [4.78, 5) is 12.2. The number of alkyl carbamates (subject to hydrolysis) is 1. The van der Waals surface area contributed by atoms with Crippen molar-refractivity contribution in [2.75, 3.05) is 13.2 Å². The normalized spacial score (nSPS) is 14.4. The highest BCUT2D eigenvalue weighted by atomic mass is 19.1. The number of aliphatic hydroxyl groups excluding tert-OH is 2. The van der Waals surface area contributed by atoms with E-state index >= 15 is 0 Å². The maximum absolute atomic E-state index is 13.4. The van der Waals surface area contributed by atoms with Crippen LogP contribution in [0.15, 0.2) is 66.7 Å². The molecule has 3 aromatic rings. The van der Waals surface area contributed by atoms with Crippen LogP contribution in [0.5, 0.6) is 0 Å². The molecule has 0 aliphatic heterocycles. The van der Waals surface area contributed by atoms with Gasteiger partial charge in [0.15, 0.2) is 0 Å². The highest BCUT2D eigenvalue weighted by molar-refractivity contribution is 5.79. The summed E-state index contributed by atoms with van der Waals surface area (Å²) in [5.41, 5.74) is 5.41. The lowest BCUT2D eigenvalue weighted by Gasteiger charge is -2.19. The average molecular weight is 435 g/mol. The molecule has 2 unspecified atom stereocenters. The van der Waals surface area contributed by atoms with Gasteiger partial charge in [0.05, 0.1) is 6.10 Å². The molecule has 0 heterocycles. The van der Waals surface area contributed by atoms with E-state index in [1.807, 2.05) is 24.3 Å². The van der Waals surface area contributed by atoms with Crippen molar-refractivity contribution in [3.63, 3.8) is 0 Å². The molecule has 0 saturated heterocycles. The Labute approximate surface area is 186 Å². The molecular weight excluding hydrogens is 409 g/mol. The van der Waals surface area contributed by atoms with E-state index in [4.69, 9.17) is 4.74 Å². The molecule has 0 bridgehead atoms. The van der Waals surface area contributed by atoms with Gasteiger partial charge in [-0.1, -0.05) is 60.7 Å². The Morgan fingerprint density at radius 3 is 2.28 bits per heavy atom. The summed E-state index contributed by atoms with van der Waals surface area (Å²) in [5.74, 6) is -0.394. The van der Waals surface area contributed by atoms with Gasteiger partial charge in [-0.3, -0.25) is 0 Å². The number of benzene rings is 3. The first-order valence-electron chi connectivity index (χ1n) is 10.7. The molecule has 3 N–H and O–H groups in total. The molecule has 166 valence electrons. The number of amides is 1. The first kappa shape index (κ1) is 22.0. The Morgan fingerprint density at radius 2 is 1.66 bits per heavy atom. The molecule has 1 amide bonds. The minimum atomic E-state index is -1.17. The lowest BCUT2D eigenvalue weighted by Crippen LogP contribution is -2.30. The van der Waals surface area contributed by atoms with Gasteiger partial charge in [-0.25, -0.2) is 9.18 Å². The van der Waals surface area contributed by atoms with Crippen molar-refractivity contribution in [3.8, 4) is 11.1 Å². The first-order chi connectivity index (χ1) is 15.5. The molecular formula is C26H26FNO4. The van der Waals surface area contributed by atoms with Gasteiger partial charge in [0.2, 0.25) is 0 Å². The van der Waals surface area contributed by atoms with Crippen LogP contribution in [0.25, 0.3) is 11.1 Å². The zero-order valence-corrected chi connectivity index (χ0v) is 17.8. The summed E-state index contributed by atoms with van der Waals surface area (Å²) in [6.07, 6.45) is -2.72. The predicted octanol–water partition coefficient (Wildman–Crippen LogP) is 4.46. The zero-order chi connectivity index (χ0) is 22.7. The second-order valence-corrected chi connectivity index (χ2v) is 8.06. The fourth-order valence-electron chi connectivity index (χ4n) is 4.20. The highest BCUT2D eigenvalue weighted by Crippen LogP contribution is 2.44. The number of rotatable bonds is 7. The van der Waals surface area contributed by atoms with Gasteiger partial charge in [0.1, 0.15) is 18.5 Å². The summed E-state index contributed by atoms with van der Waals surface area (Å²) in [7, 11) is 0. The molecule has 1 aliphatic carbocycles. The Bertz CT molecular complexity index is 1070. The van der Waals surface area contributed by atoms with Gasteiger partial charge in [-0.2, -0.15) is 0 Å². The first-order valence-corrected chi connectivity index (χ1v) is 10.7. The van der Waals surface area contributed by atoms with E-state index in [1.165, 1.54) is 18.2 Å². The van der Waals surface area contributed by atoms with Crippen molar-refractivity contribution in [2.45, 2.75) is 31.5 Å². The van der Waals surface area contributed by atoms with Crippen molar-refractivity contribution in [2.24, 2.45) is 0 Å².